The lowest BCUT2D eigenvalue weighted by atomic mass is 10.0. The molecule has 174 valence electrons. The van der Waals surface area contributed by atoms with Gasteiger partial charge in [-0.3, -0.25) is 14.7 Å². The predicted octanol–water partition coefficient (Wildman–Crippen LogP) is 1.59. The number of carbonyl (C=O) groups is 1. The standard InChI is InChI=1S/C22H36N4O5/c1-23-22(24-10-6-5-7-21(27)30-4)25-16-18(26-11-13-31-14-12-26)17-8-9-19(28-2)20(15-17)29-3/h8-9,15,18H,5-7,10-14,16H2,1-4H3,(H2,23,24,25). The van der Waals surface area contributed by atoms with Crippen molar-refractivity contribution in [2.45, 2.75) is 25.3 Å². The fourth-order valence-electron chi connectivity index (χ4n) is 3.52. The first kappa shape index (κ1) is 24.7. The van der Waals surface area contributed by atoms with Gasteiger partial charge in [0.15, 0.2) is 17.5 Å². The molecule has 1 aromatic rings. The maximum absolute atomic E-state index is 11.2. The average Bonchev–Trinajstić information content (AvgIpc) is 2.82. The minimum Gasteiger partial charge on any atom is -0.493 e. The fourth-order valence-corrected chi connectivity index (χ4v) is 3.52. The van der Waals surface area contributed by atoms with Gasteiger partial charge in [-0.1, -0.05) is 6.07 Å². The molecule has 1 fully saturated rings. The molecule has 2 N–H and O–H groups in total. The van der Waals surface area contributed by atoms with Gasteiger partial charge in [-0.2, -0.15) is 0 Å². The molecule has 1 heterocycles. The zero-order chi connectivity index (χ0) is 22.5. The second-order valence-corrected chi connectivity index (χ2v) is 7.19. The number of nitrogens with zero attached hydrogens (tertiary/aromatic N) is 2. The van der Waals surface area contributed by atoms with Crippen LogP contribution in [0.25, 0.3) is 0 Å². The van der Waals surface area contributed by atoms with Crippen molar-refractivity contribution in [2.24, 2.45) is 4.99 Å². The summed E-state index contributed by atoms with van der Waals surface area (Å²) in [7, 11) is 6.45. The molecule has 1 saturated heterocycles. The second kappa shape index (κ2) is 13.7. The first-order valence-corrected chi connectivity index (χ1v) is 10.7. The molecule has 0 saturated carbocycles. The van der Waals surface area contributed by atoms with Gasteiger partial charge in [0, 0.05) is 39.6 Å². The predicted molar refractivity (Wildman–Crippen MR) is 120 cm³/mol. The van der Waals surface area contributed by atoms with E-state index in [1.807, 2.05) is 12.1 Å². The van der Waals surface area contributed by atoms with Crippen LogP contribution in [0.4, 0.5) is 0 Å². The zero-order valence-corrected chi connectivity index (χ0v) is 19.1. The van der Waals surface area contributed by atoms with E-state index in [1.165, 1.54) is 7.11 Å². The monoisotopic (exact) mass is 436 g/mol. The number of morpholine rings is 1. The maximum Gasteiger partial charge on any atom is 0.305 e. The molecular formula is C22H36N4O5. The van der Waals surface area contributed by atoms with Crippen LogP contribution in [-0.4, -0.2) is 84.6 Å². The van der Waals surface area contributed by atoms with Gasteiger partial charge in [0.2, 0.25) is 0 Å². The normalized spacial score (nSPS) is 15.8. The smallest absolute Gasteiger partial charge is 0.305 e. The van der Waals surface area contributed by atoms with Crippen LogP contribution in [0.5, 0.6) is 11.5 Å². The van der Waals surface area contributed by atoms with E-state index in [0.717, 1.165) is 57.2 Å². The Hall–Kier alpha value is -2.52. The summed E-state index contributed by atoms with van der Waals surface area (Å²) in [6.45, 7) is 4.57. The van der Waals surface area contributed by atoms with E-state index in [4.69, 9.17) is 14.2 Å². The molecule has 0 spiro atoms. The summed E-state index contributed by atoms with van der Waals surface area (Å²) in [5.41, 5.74) is 1.14. The van der Waals surface area contributed by atoms with Crippen LogP contribution in [-0.2, 0) is 14.3 Å². The molecular weight excluding hydrogens is 400 g/mol. The highest BCUT2D eigenvalue weighted by molar-refractivity contribution is 5.79. The third kappa shape index (κ3) is 7.91. The molecule has 2 rings (SSSR count). The summed E-state index contributed by atoms with van der Waals surface area (Å²) in [6.07, 6.45) is 2.07. The minimum atomic E-state index is -0.175. The summed E-state index contributed by atoms with van der Waals surface area (Å²) in [4.78, 5) is 17.9. The number of guanidine groups is 1. The summed E-state index contributed by atoms with van der Waals surface area (Å²) in [5, 5.41) is 6.75. The summed E-state index contributed by atoms with van der Waals surface area (Å²) >= 11 is 0. The molecule has 1 aliphatic heterocycles. The first-order valence-electron chi connectivity index (χ1n) is 10.7. The van der Waals surface area contributed by atoms with Crippen LogP contribution in [0.1, 0.15) is 30.9 Å². The molecule has 1 atom stereocenters. The number of methoxy groups -OCH3 is 3. The number of rotatable bonds is 11. The van der Waals surface area contributed by atoms with Gasteiger partial charge in [-0.25, -0.2) is 0 Å². The highest BCUT2D eigenvalue weighted by atomic mass is 16.5. The quantitative estimate of drug-likeness (QED) is 0.234. The Morgan fingerprint density at radius 3 is 2.52 bits per heavy atom. The lowest BCUT2D eigenvalue weighted by molar-refractivity contribution is -0.140. The van der Waals surface area contributed by atoms with Crippen LogP contribution in [0.2, 0.25) is 0 Å². The van der Waals surface area contributed by atoms with Crippen molar-refractivity contribution in [3.63, 3.8) is 0 Å². The van der Waals surface area contributed by atoms with Crippen LogP contribution < -0.4 is 20.1 Å². The van der Waals surface area contributed by atoms with Gasteiger partial charge >= 0.3 is 5.97 Å². The minimum absolute atomic E-state index is 0.126. The zero-order valence-electron chi connectivity index (χ0n) is 19.1. The maximum atomic E-state index is 11.2. The summed E-state index contributed by atoms with van der Waals surface area (Å²) < 4.78 is 21.1. The number of unbranched alkanes of at least 4 members (excludes halogenated alkanes) is 1. The van der Waals surface area contributed by atoms with Gasteiger partial charge in [-0.15, -0.1) is 0 Å². The Kier molecular flexibility index (Phi) is 10.9. The highest BCUT2D eigenvalue weighted by Gasteiger charge is 2.24. The number of ether oxygens (including phenoxy) is 4. The Balaban J connectivity index is 1.98. The van der Waals surface area contributed by atoms with Crippen molar-refractivity contribution in [3.8, 4) is 11.5 Å². The van der Waals surface area contributed by atoms with Crippen molar-refractivity contribution in [2.75, 3.05) is 67.8 Å². The molecule has 0 aliphatic carbocycles. The largest absolute Gasteiger partial charge is 0.493 e. The van der Waals surface area contributed by atoms with Crippen LogP contribution in [0.15, 0.2) is 23.2 Å². The SMILES string of the molecule is CN=C(NCCCCC(=O)OC)NCC(c1ccc(OC)c(OC)c1)N1CCOCC1. The van der Waals surface area contributed by atoms with Gasteiger partial charge < -0.3 is 29.6 Å². The third-order valence-electron chi connectivity index (χ3n) is 5.29. The van der Waals surface area contributed by atoms with E-state index >= 15 is 0 Å². The summed E-state index contributed by atoms with van der Waals surface area (Å²) in [6, 6.07) is 6.17. The number of esters is 1. The Morgan fingerprint density at radius 2 is 1.87 bits per heavy atom. The van der Waals surface area contributed by atoms with Crippen LogP contribution >= 0.6 is 0 Å². The van der Waals surface area contributed by atoms with E-state index in [1.54, 1.807) is 21.3 Å². The van der Waals surface area contributed by atoms with Crippen molar-refractivity contribution >= 4 is 11.9 Å². The molecule has 0 amide bonds. The molecule has 31 heavy (non-hydrogen) atoms. The molecule has 0 radical (unpaired) electrons. The number of benzene rings is 1. The number of aliphatic imine (C=N–C) groups is 1. The third-order valence-corrected chi connectivity index (χ3v) is 5.29. The molecule has 9 nitrogen and oxygen atoms in total. The van der Waals surface area contributed by atoms with Gasteiger partial charge in [-0.05, 0) is 30.5 Å². The lowest BCUT2D eigenvalue weighted by Gasteiger charge is -2.35. The molecule has 0 bridgehead atoms. The van der Waals surface area contributed by atoms with Crippen molar-refractivity contribution in [1.82, 2.24) is 15.5 Å². The molecule has 0 aromatic heterocycles. The van der Waals surface area contributed by atoms with E-state index < -0.39 is 0 Å². The Labute approximate surface area is 185 Å². The topological polar surface area (TPSA) is 93.7 Å². The van der Waals surface area contributed by atoms with E-state index in [-0.39, 0.29) is 12.0 Å². The molecule has 9 heteroatoms. The average molecular weight is 437 g/mol. The first-order chi connectivity index (χ1) is 15.1. The van der Waals surface area contributed by atoms with E-state index in [2.05, 4.69) is 31.3 Å². The highest BCUT2D eigenvalue weighted by Crippen LogP contribution is 2.32. The van der Waals surface area contributed by atoms with Crippen molar-refractivity contribution in [1.29, 1.82) is 0 Å². The Bertz CT molecular complexity index is 707. The van der Waals surface area contributed by atoms with Gasteiger partial charge in [0.05, 0.1) is 40.6 Å². The number of hydrogen-bond acceptors (Lipinski definition) is 7. The van der Waals surface area contributed by atoms with E-state index in [0.29, 0.717) is 24.5 Å². The van der Waals surface area contributed by atoms with Crippen molar-refractivity contribution in [3.05, 3.63) is 23.8 Å². The van der Waals surface area contributed by atoms with Gasteiger partial charge in [0.1, 0.15) is 0 Å². The van der Waals surface area contributed by atoms with E-state index in [9.17, 15) is 4.79 Å². The lowest BCUT2D eigenvalue weighted by Crippen LogP contribution is -2.46. The molecule has 1 aromatic carbocycles. The van der Waals surface area contributed by atoms with Gasteiger partial charge in [0.25, 0.3) is 0 Å². The van der Waals surface area contributed by atoms with Crippen LogP contribution in [0, 0.1) is 0 Å². The molecule has 1 aliphatic rings. The number of nitrogens with one attached hydrogen (secondary N) is 2. The van der Waals surface area contributed by atoms with Crippen molar-refractivity contribution < 1.29 is 23.7 Å². The Morgan fingerprint density at radius 1 is 1.13 bits per heavy atom. The fraction of sp³-hybridized carbons (Fsp3) is 0.636. The number of carbonyl (C=O) groups excluding carboxylic acids is 1. The van der Waals surface area contributed by atoms with Crippen LogP contribution in [0.3, 0.4) is 0 Å². The number of hydrogen-bond donors (Lipinski definition) is 2. The second-order valence-electron chi connectivity index (χ2n) is 7.19. The summed E-state index contributed by atoms with van der Waals surface area (Å²) in [5.74, 6) is 1.98. The molecule has 1 unspecified atom stereocenters.